The summed E-state index contributed by atoms with van der Waals surface area (Å²) in [5.41, 5.74) is 2.24. The Labute approximate surface area is 148 Å². The summed E-state index contributed by atoms with van der Waals surface area (Å²) in [4.78, 5) is 27.2. The van der Waals surface area contributed by atoms with Crippen LogP contribution in [0.15, 0.2) is 53.3 Å². The van der Waals surface area contributed by atoms with Gasteiger partial charge in [-0.2, -0.15) is 0 Å². The number of methoxy groups -OCH3 is 1. The van der Waals surface area contributed by atoms with Crippen LogP contribution in [-0.4, -0.2) is 17.9 Å². The van der Waals surface area contributed by atoms with Crippen LogP contribution >= 0.6 is 11.3 Å². The van der Waals surface area contributed by atoms with Crippen molar-refractivity contribution < 1.29 is 9.53 Å². The van der Waals surface area contributed by atoms with Gasteiger partial charge in [0.05, 0.1) is 16.3 Å². The second kappa shape index (κ2) is 7.32. The molecule has 3 aromatic rings. The van der Waals surface area contributed by atoms with Gasteiger partial charge in [0.15, 0.2) is 5.78 Å². The first-order chi connectivity index (χ1) is 12.1. The quantitative estimate of drug-likeness (QED) is 0.734. The van der Waals surface area contributed by atoms with Crippen LogP contribution in [0.1, 0.15) is 21.5 Å². The van der Waals surface area contributed by atoms with Crippen LogP contribution in [-0.2, 0) is 0 Å². The maximum atomic E-state index is 12.4. The lowest BCUT2D eigenvalue weighted by atomic mass is 10.1. The fourth-order valence-electron chi connectivity index (χ4n) is 2.42. The first-order valence-corrected chi connectivity index (χ1v) is 8.55. The number of ether oxygens (including phenoxy) is 1. The Bertz CT molecular complexity index is 1080. The molecule has 0 bridgehead atoms. The van der Waals surface area contributed by atoms with E-state index < -0.39 is 0 Å². The zero-order valence-corrected chi connectivity index (χ0v) is 14.7. The molecular weight excluding hydrogens is 334 g/mol. The molecular formula is C20H17NO3S. The summed E-state index contributed by atoms with van der Waals surface area (Å²) < 4.78 is 6.21. The normalized spacial score (nSPS) is 12.4. The van der Waals surface area contributed by atoms with Gasteiger partial charge in [-0.3, -0.25) is 9.59 Å². The van der Waals surface area contributed by atoms with E-state index in [1.54, 1.807) is 19.3 Å². The number of H-pyrrole nitrogens is 1. The minimum absolute atomic E-state index is 0.119. The topological polar surface area (TPSA) is 59.2 Å². The lowest BCUT2D eigenvalue weighted by Gasteiger charge is -1.99. The van der Waals surface area contributed by atoms with Crippen molar-refractivity contribution in [1.82, 2.24) is 4.98 Å². The van der Waals surface area contributed by atoms with Crippen LogP contribution in [0, 0.1) is 6.92 Å². The molecule has 126 valence electrons. The van der Waals surface area contributed by atoms with Crippen molar-refractivity contribution in [3.63, 3.8) is 0 Å². The zero-order valence-electron chi connectivity index (χ0n) is 13.9. The summed E-state index contributed by atoms with van der Waals surface area (Å²) in [6.07, 6.45) is 3.26. The molecule has 2 aromatic carbocycles. The summed E-state index contributed by atoms with van der Waals surface area (Å²) in [6, 6.07) is 14.8. The molecule has 0 aliphatic heterocycles. The molecule has 0 saturated heterocycles. The average molecular weight is 351 g/mol. The smallest absolute Gasteiger partial charge is 0.266 e. The molecule has 1 aromatic heterocycles. The van der Waals surface area contributed by atoms with Crippen molar-refractivity contribution in [3.8, 4) is 5.75 Å². The van der Waals surface area contributed by atoms with Gasteiger partial charge >= 0.3 is 0 Å². The number of thiazole rings is 1. The van der Waals surface area contributed by atoms with Gasteiger partial charge in [-0.1, -0.05) is 36.4 Å². The van der Waals surface area contributed by atoms with Crippen LogP contribution in [0.3, 0.4) is 0 Å². The molecule has 3 rings (SSSR count). The number of nitrogens with one attached hydrogen (secondary N) is 1. The Kier molecular flexibility index (Phi) is 4.95. The van der Waals surface area contributed by atoms with E-state index in [2.05, 4.69) is 4.98 Å². The third-order valence-electron chi connectivity index (χ3n) is 3.77. The predicted molar refractivity (Wildman–Crippen MR) is 101 cm³/mol. The summed E-state index contributed by atoms with van der Waals surface area (Å²) in [7, 11) is 1.61. The minimum atomic E-state index is -0.204. The Morgan fingerprint density at radius 2 is 1.84 bits per heavy atom. The van der Waals surface area contributed by atoms with Crippen LogP contribution in [0.2, 0.25) is 0 Å². The Morgan fingerprint density at radius 3 is 2.52 bits per heavy atom. The molecule has 0 atom stereocenters. The van der Waals surface area contributed by atoms with Crippen molar-refractivity contribution in [1.29, 1.82) is 0 Å². The number of benzene rings is 2. The summed E-state index contributed by atoms with van der Waals surface area (Å²) in [6.45, 7) is 1.89. The molecule has 0 unspecified atom stereocenters. The van der Waals surface area contributed by atoms with E-state index in [9.17, 15) is 9.59 Å². The molecule has 0 spiro atoms. The number of aryl methyl sites for hydroxylation is 1. The molecule has 0 aliphatic carbocycles. The lowest BCUT2D eigenvalue weighted by molar-refractivity contribution is 0.106. The predicted octanol–water partition coefficient (Wildman–Crippen LogP) is 2.25. The van der Waals surface area contributed by atoms with E-state index >= 15 is 0 Å². The number of aromatic amines is 1. The van der Waals surface area contributed by atoms with Gasteiger partial charge in [0.1, 0.15) is 5.75 Å². The van der Waals surface area contributed by atoms with E-state index in [0.717, 1.165) is 16.9 Å². The molecule has 1 heterocycles. The molecule has 1 N–H and O–H groups in total. The fourth-order valence-corrected chi connectivity index (χ4v) is 3.31. The number of hydrogen-bond acceptors (Lipinski definition) is 4. The van der Waals surface area contributed by atoms with E-state index in [0.29, 0.717) is 14.8 Å². The highest BCUT2D eigenvalue weighted by Gasteiger charge is 2.05. The van der Waals surface area contributed by atoms with E-state index in [1.165, 1.54) is 17.4 Å². The summed E-state index contributed by atoms with van der Waals surface area (Å²) in [5, 5.41) is 0. The largest absolute Gasteiger partial charge is 0.497 e. The first kappa shape index (κ1) is 16.9. The maximum Gasteiger partial charge on any atom is 0.266 e. The van der Waals surface area contributed by atoms with E-state index in [1.807, 2.05) is 49.4 Å². The molecule has 5 heteroatoms. The maximum absolute atomic E-state index is 12.4. The average Bonchev–Trinajstić information content (AvgIpc) is 2.95. The highest BCUT2D eigenvalue weighted by Crippen LogP contribution is 2.11. The number of aromatic nitrogens is 1. The molecule has 0 radical (unpaired) electrons. The van der Waals surface area contributed by atoms with Crippen LogP contribution in [0.4, 0.5) is 0 Å². The second-order valence-electron chi connectivity index (χ2n) is 5.53. The Balaban J connectivity index is 1.97. The zero-order chi connectivity index (χ0) is 17.8. The summed E-state index contributed by atoms with van der Waals surface area (Å²) >= 11 is 1.26. The molecule has 25 heavy (non-hydrogen) atoms. The van der Waals surface area contributed by atoms with E-state index in [-0.39, 0.29) is 11.3 Å². The van der Waals surface area contributed by atoms with Crippen LogP contribution < -0.4 is 19.5 Å². The monoisotopic (exact) mass is 351 g/mol. The SMILES string of the molecule is COc1ccc(/C=c2\s/c(=C\C(=O)c3ccccc3C)[nH]c2=O)cc1. The Hall–Kier alpha value is -2.92. The molecule has 0 fully saturated rings. The van der Waals surface area contributed by atoms with Gasteiger partial charge in [-0.25, -0.2) is 0 Å². The van der Waals surface area contributed by atoms with Gasteiger partial charge in [-0.05, 0) is 36.3 Å². The first-order valence-electron chi connectivity index (χ1n) is 7.73. The van der Waals surface area contributed by atoms with Crippen LogP contribution in [0.25, 0.3) is 12.2 Å². The number of rotatable bonds is 4. The number of carbonyl (C=O) groups excluding carboxylic acids is 1. The highest BCUT2D eigenvalue weighted by atomic mass is 32.1. The van der Waals surface area contributed by atoms with Crippen LogP contribution in [0.5, 0.6) is 5.75 Å². The number of Topliss-reactive ketones (excluding diaryl/α,β-unsaturated/α-hetero) is 1. The van der Waals surface area contributed by atoms with Crippen molar-refractivity contribution >= 4 is 29.3 Å². The Morgan fingerprint density at radius 1 is 1.12 bits per heavy atom. The van der Waals surface area contributed by atoms with Crippen molar-refractivity contribution in [2.75, 3.05) is 7.11 Å². The molecule has 0 aliphatic rings. The molecule has 0 saturated carbocycles. The molecule has 0 amide bonds. The van der Waals surface area contributed by atoms with Gasteiger partial charge < -0.3 is 9.72 Å². The second-order valence-corrected chi connectivity index (χ2v) is 6.61. The summed E-state index contributed by atoms with van der Waals surface area (Å²) in [5.74, 6) is 0.640. The van der Waals surface area contributed by atoms with E-state index in [4.69, 9.17) is 4.74 Å². The van der Waals surface area contributed by atoms with Gasteiger partial charge in [0, 0.05) is 11.6 Å². The van der Waals surface area contributed by atoms with Crippen molar-refractivity contribution in [2.45, 2.75) is 6.92 Å². The number of ketones is 1. The van der Waals surface area contributed by atoms with Gasteiger partial charge in [-0.15, -0.1) is 11.3 Å². The van der Waals surface area contributed by atoms with Gasteiger partial charge in [0.25, 0.3) is 5.56 Å². The number of hydrogen-bond donors (Lipinski definition) is 1. The highest BCUT2D eigenvalue weighted by molar-refractivity contribution is 7.07. The third kappa shape index (κ3) is 3.95. The van der Waals surface area contributed by atoms with Crippen molar-refractivity contribution in [2.24, 2.45) is 0 Å². The molecule has 4 nitrogen and oxygen atoms in total. The van der Waals surface area contributed by atoms with Crippen molar-refractivity contribution in [3.05, 3.63) is 84.8 Å². The standard InChI is InChI=1S/C20H17NO3S/c1-13-5-3-4-6-16(13)17(22)12-19-21-20(23)18(25-19)11-14-7-9-15(24-2)10-8-14/h3-12H,1-2H3,(H,21,23)/b18-11-,19-12-. The van der Waals surface area contributed by atoms with Gasteiger partial charge in [0.2, 0.25) is 0 Å². The minimum Gasteiger partial charge on any atom is -0.497 e. The fraction of sp³-hybridized carbons (Fsp3) is 0.100. The third-order valence-corrected chi connectivity index (χ3v) is 4.73. The lowest BCUT2D eigenvalue weighted by Crippen LogP contribution is -2.20. The number of carbonyl (C=O) groups is 1.